The highest BCUT2D eigenvalue weighted by molar-refractivity contribution is 6.45. The van der Waals surface area contributed by atoms with Crippen LogP contribution in [-0.2, 0) is 9.53 Å². The van der Waals surface area contributed by atoms with Crippen molar-refractivity contribution in [3.05, 3.63) is 24.3 Å². The first-order valence-electron chi connectivity index (χ1n) is 6.55. The summed E-state index contributed by atoms with van der Waals surface area (Å²) in [7, 11) is 1.59. The number of carbonyl (C=O) groups excluding carboxylic acids is 1. The Balaban J connectivity index is 1.99. The van der Waals surface area contributed by atoms with E-state index in [0.717, 1.165) is 11.4 Å². The molecule has 1 fully saturated rings. The average molecular weight is 286 g/mol. The van der Waals surface area contributed by atoms with E-state index in [1.807, 2.05) is 18.2 Å². The lowest BCUT2D eigenvalue weighted by Gasteiger charge is -2.43. The summed E-state index contributed by atoms with van der Waals surface area (Å²) in [4.78, 5) is 13.8. The van der Waals surface area contributed by atoms with Crippen molar-refractivity contribution in [1.29, 1.82) is 5.26 Å². The van der Waals surface area contributed by atoms with E-state index in [1.54, 1.807) is 29.2 Å². The van der Waals surface area contributed by atoms with E-state index in [4.69, 9.17) is 14.7 Å². The second-order valence-electron chi connectivity index (χ2n) is 4.66. The van der Waals surface area contributed by atoms with Crippen LogP contribution in [0.4, 0.5) is 5.69 Å². The molecule has 2 heterocycles. The summed E-state index contributed by atoms with van der Waals surface area (Å²) < 4.78 is 10.6. The van der Waals surface area contributed by atoms with Gasteiger partial charge in [0, 0.05) is 6.54 Å². The first-order chi connectivity index (χ1) is 10.2. The van der Waals surface area contributed by atoms with Crippen molar-refractivity contribution in [2.45, 2.75) is 6.17 Å². The van der Waals surface area contributed by atoms with Gasteiger partial charge in [0.25, 0.3) is 5.91 Å². The number of benzene rings is 1. The molecule has 0 unspecified atom stereocenters. The van der Waals surface area contributed by atoms with Crippen molar-refractivity contribution in [2.24, 2.45) is 5.10 Å². The Morgan fingerprint density at radius 2 is 2.19 bits per heavy atom. The molecular formula is C14H14N4O3. The highest BCUT2D eigenvalue weighted by atomic mass is 16.5. The van der Waals surface area contributed by atoms with Crippen LogP contribution in [0.15, 0.2) is 29.4 Å². The molecule has 2 aliphatic rings. The van der Waals surface area contributed by atoms with Crippen LogP contribution in [-0.4, -0.2) is 49.6 Å². The minimum Gasteiger partial charge on any atom is -0.497 e. The number of anilines is 1. The SMILES string of the molecule is COc1ccc(N2N=C(C#N)C(=O)N3CCOC[C@H]32)cc1. The number of nitriles is 1. The van der Waals surface area contributed by atoms with Crippen LogP contribution < -0.4 is 9.75 Å². The summed E-state index contributed by atoms with van der Waals surface area (Å²) in [6, 6.07) is 9.14. The van der Waals surface area contributed by atoms with Crippen LogP contribution in [0.1, 0.15) is 0 Å². The first kappa shape index (κ1) is 13.4. The van der Waals surface area contributed by atoms with Crippen LogP contribution in [0.25, 0.3) is 0 Å². The summed E-state index contributed by atoms with van der Waals surface area (Å²) >= 11 is 0. The zero-order valence-electron chi connectivity index (χ0n) is 11.5. The molecule has 1 amide bonds. The number of fused-ring (bicyclic) bond motifs is 1. The number of morpholine rings is 1. The Morgan fingerprint density at radius 3 is 2.86 bits per heavy atom. The third-order valence-electron chi connectivity index (χ3n) is 3.50. The smallest absolute Gasteiger partial charge is 0.287 e. The van der Waals surface area contributed by atoms with Gasteiger partial charge in [0.15, 0.2) is 0 Å². The van der Waals surface area contributed by atoms with Gasteiger partial charge < -0.3 is 14.4 Å². The maximum Gasteiger partial charge on any atom is 0.287 e. The van der Waals surface area contributed by atoms with Crippen molar-refractivity contribution < 1.29 is 14.3 Å². The Morgan fingerprint density at radius 1 is 1.43 bits per heavy atom. The summed E-state index contributed by atoms with van der Waals surface area (Å²) in [5, 5.41) is 14.9. The lowest BCUT2D eigenvalue weighted by molar-refractivity contribution is -0.133. The molecule has 0 aliphatic carbocycles. The molecule has 3 rings (SSSR count). The Hall–Kier alpha value is -2.59. The van der Waals surface area contributed by atoms with Gasteiger partial charge in [-0.05, 0) is 24.3 Å². The zero-order valence-corrected chi connectivity index (χ0v) is 11.5. The minimum absolute atomic E-state index is 0.107. The molecule has 108 valence electrons. The van der Waals surface area contributed by atoms with Crippen molar-refractivity contribution in [3.63, 3.8) is 0 Å². The van der Waals surface area contributed by atoms with E-state index in [0.29, 0.717) is 19.8 Å². The topological polar surface area (TPSA) is 78.2 Å². The first-order valence-corrected chi connectivity index (χ1v) is 6.55. The van der Waals surface area contributed by atoms with E-state index in [-0.39, 0.29) is 17.8 Å². The van der Waals surface area contributed by atoms with Gasteiger partial charge in [0.2, 0.25) is 5.71 Å². The molecule has 0 aromatic heterocycles. The van der Waals surface area contributed by atoms with E-state index < -0.39 is 0 Å². The van der Waals surface area contributed by atoms with Crippen LogP contribution in [0.3, 0.4) is 0 Å². The third kappa shape index (κ3) is 2.30. The molecule has 1 aromatic rings. The van der Waals surface area contributed by atoms with E-state index in [2.05, 4.69) is 5.10 Å². The molecule has 0 spiro atoms. The van der Waals surface area contributed by atoms with Gasteiger partial charge in [0.1, 0.15) is 18.0 Å². The number of carbonyl (C=O) groups is 1. The minimum atomic E-state index is -0.337. The Bertz CT molecular complexity index is 620. The largest absolute Gasteiger partial charge is 0.497 e. The van der Waals surface area contributed by atoms with Crippen molar-refractivity contribution in [3.8, 4) is 11.8 Å². The van der Waals surface area contributed by atoms with Gasteiger partial charge in [0.05, 0.1) is 26.0 Å². The van der Waals surface area contributed by atoms with Crippen molar-refractivity contribution in [2.75, 3.05) is 31.9 Å². The molecule has 1 aromatic carbocycles. The fraction of sp³-hybridized carbons (Fsp3) is 0.357. The summed E-state index contributed by atoms with van der Waals surface area (Å²) in [5.74, 6) is 0.392. The highest BCUT2D eigenvalue weighted by Gasteiger charge is 2.39. The van der Waals surface area contributed by atoms with Crippen LogP contribution in [0, 0.1) is 11.3 Å². The van der Waals surface area contributed by atoms with Crippen LogP contribution in [0.5, 0.6) is 5.75 Å². The molecule has 1 saturated heterocycles. The Labute approximate surface area is 122 Å². The molecule has 0 N–H and O–H groups in total. The van der Waals surface area contributed by atoms with Crippen LogP contribution >= 0.6 is 0 Å². The molecule has 7 heteroatoms. The molecule has 1 atom stereocenters. The molecule has 21 heavy (non-hydrogen) atoms. The van der Waals surface area contributed by atoms with E-state index in [9.17, 15) is 4.79 Å². The second-order valence-corrected chi connectivity index (χ2v) is 4.66. The number of rotatable bonds is 2. The summed E-state index contributed by atoms with van der Waals surface area (Å²) in [5.41, 5.74) is 0.667. The number of nitrogens with zero attached hydrogens (tertiary/aromatic N) is 4. The normalized spacial score (nSPS) is 21.4. The predicted octanol–water partition coefficient (Wildman–Crippen LogP) is 0.580. The molecule has 0 saturated carbocycles. The molecular weight excluding hydrogens is 272 g/mol. The fourth-order valence-corrected chi connectivity index (χ4v) is 2.42. The Kier molecular flexibility index (Phi) is 3.46. The van der Waals surface area contributed by atoms with Crippen molar-refractivity contribution in [1.82, 2.24) is 4.90 Å². The van der Waals surface area contributed by atoms with Gasteiger partial charge in [-0.3, -0.25) is 4.79 Å². The molecule has 7 nitrogen and oxygen atoms in total. The van der Waals surface area contributed by atoms with E-state index >= 15 is 0 Å². The molecule has 2 aliphatic heterocycles. The quantitative estimate of drug-likeness (QED) is 0.794. The monoisotopic (exact) mass is 286 g/mol. The second kappa shape index (κ2) is 5.42. The highest BCUT2D eigenvalue weighted by Crippen LogP contribution is 2.27. The average Bonchev–Trinajstić information content (AvgIpc) is 2.56. The van der Waals surface area contributed by atoms with Gasteiger partial charge >= 0.3 is 0 Å². The van der Waals surface area contributed by atoms with E-state index in [1.165, 1.54) is 0 Å². The maximum atomic E-state index is 12.1. The van der Waals surface area contributed by atoms with Gasteiger partial charge in [-0.25, -0.2) is 5.01 Å². The van der Waals surface area contributed by atoms with Gasteiger partial charge in [-0.2, -0.15) is 10.4 Å². The van der Waals surface area contributed by atoms with Gasteiger partial charge in [-0.15, -0.1) is 0 Å². The lowest BCUT2D eigenvalue weighted by atomic mass is 10.2. The lowest BCUT2D eigenvalue weighted by Crippen LogP contribution is -2.60. The number of ether oxygens (including phenoxy) is 2. The zero-order chi connectivity index (χ0) is 14.8. The van der Waals surface area contributed by atoms with Crippen LogP contribution in [0.2, 0.25) is 0 Å². The fourth-order valence-electron chi connectivity index (χ4n) is 2.42. The number of hydrazone groups is 1. The molecule has 0 bridgehead atoms. The number of amides is 1. The predicted molar refractivity (Wildman–Crippen MR) is 74.8 cm³/mol. The maximum absolute atomic E-state index is 12.1. The third-order valence-corrected chi connectivity index (χ3v) is 3.50. The number of hydrogen-bond donors (Lipinski definition) is 0. The van der Waals surface area contributed by atoms with Crippen molar-refractivity contribution >= 4 is 17.3 Å². The number of methoxy groups -OCH3 is 1. The number of hydrogen-bond acceptors (Lipinski definition) is 6. The molecule has 0 radical (unpaired) electrons. The standard InChI is InChI=1S/C14H14N4O3/c1-20-11-4-2-10(3-5-11)18-13-9-21-7-6-17(13)14(19)12(8-15)16-18/h2-5,13H,6-7,9H2,1H3/t13-/m1/s1. The summed E-state index contributed by atoms with van der Waals surface area (Å²) in [6.45, 7) is 1.29. The van der Waals surface area contributed by atoms with Gasteiger partial charge in [-0.1, -0.05) is 0 Å². The summed E-state index contributed by atoms with van der Waals surface area (Å²) in [6.07, 6.45) is -0.322.